The van der Waals surface area contributed by atoms with E-state index in [0.29, 0.717) is 24.7 Å². The lowest BCUT2D eigenvalue weighted by Crippen LogP contribution is -2.49. The predicted octanol–water partition coefficient (Wildman–Crippen LogP) is 6.84. The van der Waals surface area contributed by atoms with E-state index in [1.54, 1.807) is 0 Å². The van der Waals surface area contributed by atoms with Crippen molar-refractivity contribution in [1.82, 2.24) is 14.8 Å². The molecule has 0 spiro atoms. The summed E-state index contributed by atoms with van der Waals surface area (Å²) in [4.78, 5) is 24.8. The zero-order chi connectivity index (χ0) is 27.3. The summed E-state index contributed by atoms with van der Waals surface area (Å²) in [5, 5.41) is 0.883. The second-order valence-electron chi connectivity index (χ2n) is 11.8. The maximum Gasteiger partial charge on any atom is 0.339 e. The molecule has 2 saturated heterocycles. The zero-order valence-electron chi connectivity index (χ0n) is 23.9. The Bertz CT molecular complexity index is 1260. The number of benzene rings is 2. The summed E-state index contributed by atoms with van der Waals surface area (Å²) in [5.41, 5.74) is 4.44. The van der Waals surface area contributed by atoms with E-state index in [-0.39, 0.29) is 18.2 Å². The minimum atomic E-state index is -0.209. The number of morpholine rings is 1. The van der Waals surface area contributed by atoms with Gasteiger partial charge < -0.3 is 9.47 Å². The molecule has 1 saturated carbocycles. The first kappa shape index (κ1) is 27.4. The number of fused-ring (bicyclic) bond motifs is 1. The Morgan fingerprint density at radius 2 is 1.50 bits per heavy atom. The van der Waals surface area contributed by atoms with Gasteiger partial charge >= 0.3 is 5.97 Å². The number of aromatic nitrogens is 1. The van der Waals surface area contributed by atoms with Crippen LogP contribution in [0.15, 0.2) is 54.6 Å². The van der Waals surface area contributed by atoms with E-state index in [1.165, 1.54) is 38.5 Å². The van der Waals surface area contributed by atoms with Crippen LogP contribution in [0.2, 0.25) is 0 Å². The van der Waals surface area contributed by atoms with Gasteiger partial charge in [-0.2, -0.15) is 0 Å². The highest BCUT2D eigenvalue weighted by Gasteiger charge is 2.37. The van der Waals surface area contributed by atoms with Crippen LogP contribution < -0.4 is 0 Å². The number of ether oxygens (including phenoxy) is 2. The van der Waals surface area contributed by atoms with Crippen LogP contribution in [0.4, 0.5) is 0 Å². The molecular weight excluding hydrogens is 498 g/mol. The molecule has 0 amide bonds. The Morgan fingerprint density at radius 3 is 2.25 bits per heavy atom. The number of piperidine rings is 1. The molecule has 0 N–H and O–H groups in total. The molecule has 0 radical (unpaired) electrons. The van der Waals surface area contributed by atoms with Gasteiger partial charge in [0.05, 0.1) is 36.2 Å². The van der Waals surface area contributed by atoms with Crippen molar-refractivity contribution in [1.29, 1.82) is 0 Å². The second-order valence-corrected chi connectivity index (χ2v) is 11.8. The van der Waals surface area contributed by atoms with E-state index in [9.17, 15) is 4.79 Å². The van der Waals surface area contributed by atoms with Gasteiger partial charge in [0.1, 0.15) is 6.10 Å². The van der Waals surface area contributed by atoms with Gasteiger partial charge in [0, 0.05) is 29.6 Å². The normalized spacial score (nSPS) is 21.2. The molecule has 3 aliphatic rings. The Hall–Kier alpha value is -2.80. The van der Waals surface area contributed by atoms with Crippen molar-refractivity contribution in [3.05, 3.63) is 65.7 Å². The highest BCUT2D eigenvalue weighted by molar-refractivity contribution is 6.06. The first-order valence-electron chi connectivity index (χ1n) is 15.5. The third-order valence-electron chi connectivity index (χ3n) is 9.17. The van der Waals surface area contributed by atoms with Crippen LogP contribution in [0.25, 0.3) is 22.2 Å². The van der Waals surface area contributed by atoms with Gasteiger partial charge in [0.2, 0.25) is 0 Å². The Balaban J connectivity index is 1.54. The SMILES string of the molecule is CC(OC(=O)c1c(C(N2CCCCC2)N2CCOCC2)c(-c2ccccc2)nc2ccccc12)C1CCCCC1. The number of nitrogens with zero attached hydrogens (tertiary/aromatic N) is 3. The molecule has 212 valence electrons. The first-order chi connectivity index (χ1) is 19.7. The summed E-state index contributed by atoms with van der Waals surface area (Å²) in [7, 11) is 0. The van der Waals surface area contributed by atoms with Crippen molar-refractivity contribution in [2.24, 2.45) is 5.92 Å². The highest BCUT2D eigenvalue weighted by Crippen LogP contribution is 2.40. The third kappa shape index (κ3) is 5.81. The van der Waals surface area contributed by atoms with E-state index < -0.39 is 0 Å². The van der Waals surface area contributed by atoms with Crippen molar-refractivity contribution in [3.8, 4) is 11.3 Å². The molecule has 6 nitrogen and oxygen atoms in total. The smallest absolute Gasteiger partial charge is 0.339 e. The monoisotopic (exact) mass is 541 g/mol. The van der Waals surface area contributed by atoms with Gasteiger partial charge in [-0.05, 0) is 57.7 Å². The fourth-order valence-corrected chi connectivity index (χ4v) is 7.02. The molecule has 40 heavy (non-hydrogen) atoms. The summed E-state index contributed by atoms with van der Waals surface area (Å²) in [5.74, 6) is 0.221. The summed E-state index contributed by atoms with van der Waals surface area (Å²) in [6, 6.07) is 18.5. The Kier molecular flexibility index (Phi) is 8.76. The van der Waals surface area contributed by atoms with Crippen LogP contribution in [0.1, 0.15) is 80.4 Å². The molecule has 3 fully saturated rings. The van der Waals surface area contributed by atoms with E-state index >= 15 is 0 Å². The van der Waals surface area contributed by atoms with Crippen LogP contribution in [0.3, 0.4) is 0 Å². The number of para-hydroxylation sites is 1. The molecule has 3 aromatic rings. The van der Waals surface area contributed by atoms with Gasteiger partial charge in [-0.25, -0.2) is 9.78 Å². The quantitative estimate of drug-likeness (QED) is 0.305. The molecule has 6 heteroatoms. The maximum atomic E-state index is 14.5. The van der Waals surface area contributed by atoms with Gasteiger partial charge in [0.15, 0.2) is 0 Å². The number of hydrogen-bond donors (Lipinski definition) is 0. The standard InChI is InChI=1S/C34H43N3O3/c1-25(26-13-5-2-6-14-26)40-34(38)30-28-17-9-10-18-29(28)35-32(27-15-7-3-8-16-27)31(30)33(36-19-11-4-12-20-36)37-21-23-39-24-22-37/h3,7-10,15-18,25-26,33H,2,4-6,11-14,19-24H2,1H3. The van der Waals surface area contributed by atoms with Gasteiger partial charge in [-0.1, -0.05) is 74.2 Å². The molecule has 2 aliphatic heterocycles. The molecule has 2 atom stereocenters. The molecule has 0 bridgehead atoms. The number of likely N-dealkylation sites (tertiary alicyclic amines) is 1. The highest BCUT2D eigenvalue weighted by atomic mass is 16.5. The zero-order valence-corrected chi connectivity index (χ0v) is 23.9. The maximum absolute atomic E-state index is 14.5. The average Bonchev–Trinajstić information content (AvgIpc) is 3.02. The molecule has 3 heterocycles. The summed E-state index contributed by atoms with van der Waals surface area (Å²) in [6.07, 6.45) is 9.42. The van der Waals surface area contributed by atoms with Crippen LogP contribution in [-0.4, -0.2) is 66.2 Å². The average molecular weight is 542 g/mol. The first-order valence-corrected chi connectivity index (χ1v) is 15.5. The lowest BCUT2D eigenvalue weighted by Gasteiger charge is -2.44. The van der Waals surface area contributed by atoms with Crippen molar-refractivity contribution in [2.45, 2.75) is 70.6 Å². The fourth-order valence-electron chi connectivity index (χ4n) is 7.02. The van der Waals surface area contributed by atoms with Crippen LogP contribution in [0.5, 0.6) is 0 Å². The molecule has 2 aromatic carbocycles. The van der Waals surface area contributed by atoms with E-state index in [1.807, 2.05) is 24.3 Å². The third-order valence-corrected chi connectivity index (χ3v) is 9.17. The van der Waals surface area contributed by atoms with Crippen LogP contribution >= 0.6 is 0 Å². The van der Waals surface area contributed by atoms with E-state index in [0.717, 1.165) is 66.7 Å². The summed E-state index contributed by atoms with van der Waals surface area (Å²) in [6.45, 7) is 7.17. The topological polar surface area (TPSA) is 54.9 Å². The lowest BCUT2D eigenvalue weighted by atomic mass is 9.86. The molecule has 1 aliphatic carbocycles. The minimum Gasteiger partial charge on any atom is -0.459 e. The molecular formula is C34H43N3O3. The number of esters is 1. The molecule has 1 aromatic heterocycles. The number of rotatable bonds is 7. The van der Waals surface area contributed by atoms with E-state index in [4.69, 9.17) is 14.5 Å². The van der Waals surface area contributed by atoms with Crippen molar-refractivity contribution in [2.75, 3.05) is 39.4 Å². The summed E-state index contributed by atoms with van der Waals surface area (Å²) < 4.78 is 12.2. The fraction of sp³-hybridized carbons (Fsp3) is 0.529. The predicted molar refractivity (Wildman–Crippen MR) is 159 cm³/mol. The number of hydrogen-bond acceptors (Lipinski definition) is 6. The van der Waals surface area contributed by atoms with Gasteiger partial charge in [-0.15, -0.1) is 0 Å². The Labute approximate surface area is 238 Å². The molecule has 6 rings (SSSR count). The van der Waals surface area contributed by atoms with Crippen LogP contribution in [-0.2, 0) is 9.47 Å². The number of pyridine rings is 1. The number of carbonyl (C=O) groups is 1. The largest absolute Gasteiger partial charge is 0.459 e. The van der Waals surface area contributed by atoms with Crippen LogP contribution in [0, 0.1) is 5.92 Å². The van der Waals surface area contributed by atoms with Crippen molar-refractivity contribution in [3.63, 3.8) is 0 Å². The van der Waals surface area contributed by atoms with Crippen molar-refractivity contribution >= 4 is 16.9 Å². The molecule has 2 unspecified atom stereocenters. The Morgan fingerprint density at radius 1 is 0.850 bits per heavy atom. The van der Waals surface area contributed by atoms with E-state index in [2.05, 4.69) is 47.1 Å². The van der Waals surface area contributed by atoms with Gasteiger partial charge in [0.25, 0.3) is 0 Å². The summed E-state index contributed by atoms with van der Waals surface area (Å²) >= 11 is 0. The minimum absolute atomic E-state index is 0.0657. The number of carbonyl (C=O) groups excluding carboxylic acids is 1. The second kappa shape index (κ2) is 12.8. The van der Waals surface area contributed by atoms with Gasteiger partial charge in [-0.3, -0.25) is 9.80 Å². The van der Waals surface area contributed by atoms with Crippen molar-refractivity contribution < 1.29 is 14.3 Å². The lowest BCUT2D eigenvalue weighted by molar-refractivity contribution is -0.0409.